The van der Waals surface area contributed by atoms with E-state index >= 15 is 0 Å². The Morgan fingerprint density at radius 1 is 1.30 bits per heavy atom. The summed E-state index contributed by atoms with van der Waals surface area (Å²) in [4.78, 5) is 7.37. The maximum absolute atomic E-state index is 4.86. The zero-order chi connectivity index (χ0) is 14.2. The van der Waals surface area contributed by atoms with Gasteiger partial charge in [-0.3, -0.25) is 9.58 Å². The largest absolute Gasteiger partial charge is 0.314 e. The summed E-state index contributed by atoms with van der Waals surface area (Å²) >= 11 is 1.74. The lowest BCUT2D eigenvalue weighted by Gasteiger charge is -2.39. The van der Waals surface area contributed by atoms with Crippen LogP contribution in [0.5, 0.6) is 0 Å². The molecule has 2 aromatic heterocycles. The first kappa shape index (κ1) is 13.7. The van der Waals surface area contributed by atoms with Crippen LogP contribution in [0.4, 0.5) is 0 Å². The van der Waals surface area contributed by atoms with E-state index in [4.69, 9.17) is 4.98 Å². The fourth-order valence-electron chi connectivity index (χ4n) is 2.66. The van der Waals surface area contributed by atoms with Crippen molar-refractivity contribution in [3.63, 3.8) is 0 Å². The molecule has 0 saturated carbocycles. The topological polar surface area (TPSA) is 46.0 Å². The van der Waals surface area contributed by atoms with Crippen molar-refractivity contribution >= 4 is 11.3 Å². The van der Waals surface area contributed by atoms with Crippen molar-refractivity contribution in [3.05, 3.63) is 22.7 Å². The number of piperazine rings is 1. The standard InChI is InChI=1S/C14H21N5S/c1-14(2,19-8-6-15-7-9-19)13-17-11(10-20-13)12-4-5-16-18(12)3/h4-5,10,15H,6-9H2,1-3H3. The van der Waals surface area contributed by atoms with Crippen molar-refractivity contribution in [2.24, 2.45) is 7.05 Å². The van der Waals surface area contributed by atoms with Gasteiger partial charge in [0, 0.05) is 44.8 Å². The normalized spacial score (nSPS) is 17.6. The minimum Gasteiger partial charge on any atom is -0.314 e. The molecule has 0 amide bonds. The van der Waals surface area contributed by atoms with E-state index in [9.17, 15) is 0 Å². The molecule has 0 aliphatic carbocycles. The Kier molecular flexibility index (Phi) is 3.62. The first-order valence-corrected chi connectivity index (χ1v) is 7.87. The summed E-state index contributed by atoms with van der Waals surface area (Å²) < 4.78 is 1.87. The second-order valence-electron chi connectivity index (χ2n) is 5.67. The first-order chi connectivity index (χ1) is 9.59. The molecular weight excluding hydrogens is 270 g/mol. The summed E-state index contributed by atoms with van der Waals surface area (Å²) in [5.41, 5.74) is 2.08. The smallest absolute Gasteiger partial charge is 0.113 e. The van der Waals surface area contributed by atoms with E-state index in [2.05, 4.69) is 34.5 Å². The predicted molar refractivity (Wildman–Crippen MR) is 81.8 cm³/mol. The third-order valence-corrected chi connectivity index (χ3v) is 5.17. The van der Waals surface area contributed by atoms with Gasteiger partial charge in [-0.25, -0.2) is 4.98 Å². The fraction of sp³-hybridized carbons (Fsp3) is 0.571. The van der Waals surface area contributed by atoms with Gasteiger partial charge in [-0.2, -0.15) is 5.10 Å². The van der Waals surface area contributed by atoms with Gasteiger partial charge in [-0.05, 0) is 19.9 Å². The molecule has 1 N–H and O–H groups in total. The number of nitrogens with zero attached hydrogens (tertiary/aromatic N) is 4. The molecule has 2 aromatic rings. The number of hydrogen-bond donors (Lipinski definition) is 1. The molecule has 0 bridgehead atoms. The molecule has 1 aliphatic heterocycles. The van der Waals surface area contributed by atoms with Crippen LogP contribution in [-0.2, 0) is 12.6 Å². The van der Waals surface area contributed by atoms with E-state index in [1.54, 1.807) is 11.3 Å². The molecule has 0 unspecified atom stereocenters. The number of rotatable bonds is 3. The van der Waals surface area contributed by atoms with Gasteiger partial charge in [0.1, 0.15) is 5.01 Å². The number of aryl methyl sites for hydroxylation is 1. The van der Waals surface area contributed by atoms with Crippen LogP contribution < -0.4 is 5.32 Å². The molecule has 3 rings (SSSR count). The summed E-state index contributed by atoms with van der Waals surface area (Å²) in [5.74, 6) is 0. The molecule has 20 heavy (non-hydrogen) atoms. The van der Waals surface area contributed by atoms with Crippen LogP contribution in [0.3, 0.4) is 0 Å². The second-order valence-corrected chi connectivity index (χ2v) is 6.53. The maximum Gasteiger partial charge on any atom is 0.113 e. The van der Waals surface area contributed by atoms with E-state index in [0.717, 1.165) is 37.6 Å². The number of nitrogens with one attached hydrogen (secondary N) is 1. The second kappa shape index (κ2) is 5.27. The Balaban J connectivity index is 1.87. The highest BCUT2D eigenvalue weighted by molar-refractivity contribution is 7.10. The Labute approximate surface area is 123 Å². The Hall–Kier alpha value is -1.24. The van der Waals surface area contributed by atoms with E-state index in [-0.39, 0.29) is 5.54 Å². The van der Waals surface area contributed by atoms with Crippen LogP contribution in [0.1, 0.15) is 18.9 Å². The van der Waals surface area contributed by atoms with Crippen LogP contribution in [0.2, 0.25) is 0 Å². The Bertz CT molecular complexity index is 580. The van der Waals surface area contributed by atoms with Crippen LogP contribution in [0, 0.1) is 0 Å². The van der Waals surface area contributed by atoms with Crippen molar-refractivity contribution < 1.29 is 0 Å². The molecule has 1 saturated heterocycles. The minimum atomic E-state index is -0.0103. The molecule has 6 heteroatoms. The maximum atomic E-state index is 4.86. The summed E-state index contributed by atoms with van der Waals surface area (Å²) in [6, 6.07) is 2.01. The molecule has 0 spiro atoms. The van der Waals surface area contributed by atoms with Crippen molar-refractivity contribution in [2.45, 2.75) is 19.4 Å². The van der Waals surface area contributed by atoms with E-state index in [1.165, 1.54) is 5.01 Å². The van der Waals surface area contributed by atoms with E-state index in [1.807, 2.05) is 24.0 Å². The lowest BCUT2D eigenvalue weighted by molar-refractivity contribution is 0.102. The number of aromatic nitrogens is 3. The Morgan fingerprint density at radius 2 is 2.05 bits per heavy atom. The molecule has 1 fully saturated rings. The SMILES string of the molecule is Cn1nccc1-c1csc(C(C)(C)N2CCNCC2)n1. The molecule has 0 radical (unpaired) electrons. The predicted octanol–water partition coefficient (Wildman–Crippen LogP) is 1.68. The average molecular weight is 291 g/mol. The molecule has 3 heterocycles. The number of thiazole rings is 1. The van der Waals surface area contributed by atoms with Crippen LogP contribution in [-0.4, -0.2) is 45.8 Å². The monoisotopic (exact) mass is 291 g/mol. The number of hydrogen-bond acceptors (Lipinski definition) is 5. The van der Waals surface area contributed by atoms with Gasteiger partial charge in [-0.1, -0.05) is 0 Å². The molecule has 0 aromatic carbocycles. The summed E-state index contributed by atoms with van der Waals surface area (Å²) in [6.45, 7) is 8.81. The quantitative estimate of drug-likeness (QED) is 0.935. The molecule has 108 valence electrons. The van der Waals surface area contributed by atoms with Gasteiger partial charge in [0.25, 0.3) is 0 Å². The van der Waals surface area contributed by atoms with E-state index < -0.39 is 0 Å². The average Bonchev–Trinajstić information content (AvgIpc) is 3.08. The highest BCUT2D eigenvalue weighted by Gasteiger charge is 2.32. The van der Waals surface area contributed by atoms with Gasteiger partial charge in [0.2, 0.25) is 0 Å². The third kappa shape index (κ3) is 2.39. The van der Waals surface area contributed by atoms with Crippen molar-refractivity contribution in [3.8, 4) is 11.4 Å². The van der Waals surface area contributed by atoms with Gasteiger partial charge in [-0.15, -0.1) is 11.3 Å². The van der Waals surface area contributed by atoms with Gasteiger partial charge in [0.15, 0.2) is 0 Å². The summed E-state index contributed by atoms with van der Waals surface area (Å²) in [6.07, 6.45) is 1.82. The highest BCUT2D eigenvalue weighted by atomic mass is 32.1. The minimum absolute atomic E-state index is 0.0103. The van der Waals surface area contributed by atoms with Gasteiger partial charge in [0.05, 0.1) is 16.9 Å². The summed E-state index contributed by atoms with van der Waals surface area (Å²) in [5, 5.41) is 10.9. The lowest BCUT2D eigenvalue weighted by atomic mass is 10.0. The van der Waals surface area contributed by atoms with Crippen molar-refractivity contribution in [1.82, 2.24) is 25.0 Å². The van der Waals surface area contributed by atoms with Crippen molar-refractivity contribution in [1.29, 1.82) is 0 Å². The molecule has 1 aliphatic rings. The third-order valence-electron chi connectivity index (χ3n) is 4.02. The van der Waals surface area contributed by atoms with Crippen LogP contribution in [0.15, 0.2) is 17.6 Å². The Morgan fingerprint density at radius 3 is 2.70 bits per heavy atom. The fourth-order valence-corrected chi connectivity index (χ4v) is 3.62. The van der Waals surface area contributed by atoms with Gasteiger partial charge >= 0.3 is 0 Å². The molecular formula is C14H21N5S. The van der Waals surface area contributed by atoms with Gasteiger partial charge < -0.3 is 5.32 Å². The molecule has 5 nitrogen and oxygen atoms in total. The zero-order valence-electron chi connectivity index (χ0n) is 12.3. The molecule has 0 atom stereocenters. The highest BCUT2D eigenvalue weighted by Crippen LogP contribution is 2.33. The van der Waals surface area contributed by atoms with Crippen molar-refractivity contribution in [2.75, 3.05) is 26.2 Å². The lowest BCUT2D eigenvalue weighted by Crippen LogP contribution is -2.51. The van der Waals surface area contributed by atoms with Crippen LogP contribution in [0.25, 0.3) is 11.4 Å². The van der Waals surface area contributed by atoms with Crippen LogP contribution >= 0.6 is 11.3 Å². The summed E-state index contributed by atoms with van der Waals surface area (Å²) in [7, 11) is 1.95. The zero-order valence-corrected chi connectivity index (χ0v) is 13.1. The van der Waals surface area contributed by atoms with E-state index in [0.29, 0.717) is 0 Å². The first-order valence-electron chi connectivity index (χ1n) is 6.99.